The third-order valence-electron chi connectivity index (χ3n) is 3.72. The minimum Gasteiger partial charge on any atom is -0.481 e. The maximum Gasteiger partial charge on any atom is 0.310 e. The third kappa shape index (κ3) is 2.33. The van der Waals surface area contributed by atoms with Crippen LogP contribution in [0.15, 0.2) is 0 Å². The van der Waals surface area contributed by atoms with E-state index in [2.05, 4.69) is 10.1 Å². The van der Waals surface area contributed by atoms with E-state index in [1.807, 2.05) is 14.0 Å². The molecule has 1 aliphatic carbocycles. The van der Waals surface area contributed by atoms with Gasteiger partial charge in [0.1, 0.15) is 11.6 Å². The molecule has 1 heterocycles. The summed E-state index contributed by atoms with van der Waals surface area (Å²) in [6, 6.07) is 0. The van der Waals surface area contributed by atoms with E-state index >= 15 is 0 Å². The van der Waals surface area contributed by atoms with E-state index in [1.54, 1.807) is 4.68 Å². The van der Waals surface area contributed by atoms with E-state index in [-0.39, 0.29) is 0 Å². The van der Waals surface area contributed by atoms with Gasteiger partial charge >= 0.3 is 5.97 Å². The van der Waals surface area contributed by atoms with Crippen molar-refractivity contribution in [2.24, 2.45) is 12.5 Å². The number of rotatable bonds is 3. The van der Waals surface area contributed by atoms with E-state index in [4.69, 9.17) is 0 Å². The predicted molar refractivity (Wildman–Crippen MR) is 62.6 cm³/mol. The smallest absolute Gasteiger partial charge is 0.310 e. The molecule has 0 amide bonds. The zero-order valence-corrected chi connectivity index (χ0v) is 10.4. The van der Waals surface area contributed by atoms with Crippen LogP contribution in [0.1, 0.15) is 43.8 Å². The topological polar surface area (TPSA) is 68.0 Å². The molecule has 0 aliphatic heterocycles. The molecular formula is C12H19N3O2. The number of nitrogens with zero attached hydrogens (tertiary/aromatic N) is 3. The molecule has 0 radical (unpaired) electrons. The van der Waals surface area contributed by atoms with Gasteiger partial charge in [0, 0.05) is 13.5 Å². The average Bonchev–Trinajstić information content (AvgIpc) is 2.58. The Hall–Kier alpha value is -1.39. The Bertz CT molecular complexity index is 419. The van der Waals surface area contributed by atoms with Crippen LogP contribution in [0.5, 0.6) is 0 Å². The molecule has 1 N–H and O–H groups in total. The fourth-order valence-corrected chi connectivity index (χ4v) is 2.71. The van der Waals surface area contributed by atoms with Crippen LogP contribution >= 0.6 is 0 Å². The zero-order valence-electron chi connectivity index (χ0n) is 10.4. The van der Waals surface area contributed by atoms with E-state index in [1.165, 1.54) is 0 Å². The molecule has 0 spiro atoms. The Balaban J connectivity index is 2.23. The molecule has 0 unspecified atom stereocenters. The first-order valence-corrected chi connectivity index (χ1v) is 6.13. The lowest BCUT2D eigenvalue weighted by molar-refractivity contribution is -0.151. The molecule has 1 aliphatic rings. The van der Waals surface area contributed by atoms with Crippen molar-refractivity contribution in [3.63, 3.8) is 0 Å². The summed E-state index contributed by atoms with van der Waals surface area (Å²) in [5.74, 6) is 0.809. The minimum absolute atomic E-state index is 0.500. The molecule has 0 aromatic carbocycles. The fourth-order valence-electron chi connectivity index (χ4n) is 2.71. The van der Waals surface area contributed by atoms with Gasteiger partial charge in [0.25, 0.3) is 0 Å². The quantitative estimate of drug-likeness (QED) is 0.868. The minimum atomic E-state index is -0.683. The number of carboxylic acids is 1. The number of aromatic nitrogens is 3. The summed E-state index contributed by atoms with van der Waals surface area (Å²) in [5.41, 5.74) is -0.620. The highest BCUT2D eigenvalue weighted by atomic mass is 16.4. The van der Waals surface area contributed by atoms with Crippen LogP contribution in [0.2, 0.25) is 0 Å². The summed E-state index contributed by atoms with van der Waals surface area (Å²) in [5, 5.41) is 13.7. The maximum absolute atomic E-state index is 11.5. The molecule has 2 rings (SSSR count). The predicted octanol–water partition coefficient (Wildman–Crippen LogP) is 1.70. The van der Waals surface area contributed by atoms with E-state index in [0.29, 0.717) is 12.2 Å². The van der Waals surface area contributed by atoms with Crippen molar-refractivity contribution in [1.82, 2.24) is 14.8 Å². The Morgan fingerprint density at radius 1 is 1.41 bits per heavy atom. The van der Waals surface area contributed by atoms with Crippen LogP contribution in [0.4, 0.5) is 0 Å². The highest BCUT2D eigenvalue weighted by Crippen LogP contribution is 2.39. The molecule has 1 fully saturated rings. The molecule has 0 saturated heterocycles. The van der Waals surface area contributed by atoms with E-state index in [9.17, 15) is 9.90 Å². The van der Waals surface area contributed by atoms with Gasteiger partial charge in [0.15, 0.2) is 0 Å². The Morgan fingerprint density at radius 2 is 2.06 bits per heavy atom. The first-order valence-electron chi connectivity index (χ1n) is 6.13. The van der Waals surface area contributed by atoms with Crippen molar-refractivity contribution in [2.75, 3.05) is 0 Å². The van der Waals surface area contributed by atoms with Crippen molar-refractivity contribution < 1.29 is 9.90 Å². The number of carbonyl (C=O) groups is 1. The summed E-state index contributed by atoms with van der Waals surface area (Å²) in [7, 11) is 1.83. The third-order valence-corrected chi connectivity index (χ3v) is 3.72. The lowest BCUT2D eigenvalue weighted by Gasteiger charge is -2.32. The Morgan fingerprint density at radius 3 is 2.53 bits per heavy atom. The highest BCUT2D eigenvalue weighted by Gasteiger charge is 2.40. The van der Waals surface area contributed by atoms with Crippen LogP contribution in [-0.4, -0.2) is 25.8 Å². The monoisotopic (exact) mass is 237 g/mol. The summed E-state index contributed by atoms with van der Waals surface area (Å²) in [4.78, 5) is 15.9. The van der Waals surface area contributed by atoms with Gasteiger partial charge in [-0.2, -0.15) is 5.10 Å². The van der Waals surface area contributed by atoms with Gasteiger partial charge in [-0.25, -0.2) is 4.98 Å². The average molecular weight is 237 g/mol. The number of carboxylic acid groups (broad SMARTS) is 1. The second-order valence-electron chi connectivity index (χ2n) is 5.02. The van der Waals surface area contributed by atoms with Gasteiger partial charge < -0.3 is 5.11 Å². The van der Waals surface area contributed by atoms with E-state index in [0.717, 1.165) is 37.9 Å². The lowest BCUT2D eigenvalue weighted by Crippen LogP contribution is -2.36. The molecule has 1 aromatic rings. The van der Waals surface area contributed by atoms with Crippen molar-refractivity contribution in [1.29, 1.82) is 0 Å². The molecule has 94 valence electrons. The molecule has 1 aromatic heterocycles. The van der Waals surface area contributed by atoms with Gasteiger partial charge in [0.05, 0.1) is 5.41 Å². The fraction of sp³-hybridized carbons (Fsp3) is 0.750. The van der Waals surface area contributed by atoms with Crippen LogP contribution in [0, 0.1) is 12.3 Å². The normalized spacial score (nSPS) is 19.2. The second kappa shape index (κ2) is 4.47. The maximum atomic E-state index is 11.5. The highest BCUT2D eigenvalue weighted by molar-refractivity contribution is 5.75. The van der Waals surface area contributed by atoms with Gasteiger partial charge in [-0.05, 0) is 19.8 Å². The standard InChI is InChI=1S/C12H19N3O2/c1-9-13-10(15(2)14-9)8-12(11(16)17)6-4-3-5-7-12/h3-8H2,1-2H3,(H,16,17). The second-order valence-corrected chi connectivity index (χ2v) is 5.02. The van der Waals surface area contributed by atoms with Crippen LogP contribution in [0.3, 0.4) is 0 Å². The van der Waals surface area contributed by atoms with Crippen molar-refractivity contribution in [3.05, 3.63) is 11.6 Å². The largest absolute Gasteiger partial charge is 0.481 e. The van der Waals surface area contributed by atoms with Gasteiger partial charge in [-0.15, -0.1) is 0 Å². The number of hydrogen-bond donors (Lipinski definition) is 1. The molecule has 5 nitrogen and oxygen atoms in total. The summed E-state index contributed by atoms with van der Waals surface area (Å²) in [6.45, 7) is 1.83. The molecule has 1 saturated carbocycles. The first-order chi connectivity index (χ1) is 8.03. The zero-order chi connectivity index (χ0) is 12.5. The SMILES string of the molecule is Cc1nc(CC2(C(=O)O)CCCCC2)n(C)n1. The lowest BCUT2D eigenvalue weighted by atomic mass is 9.71. The molecule has 5 heteroatoms. The van der Waals surface area contributed by atoms with Crippen molar-refractivity contribution in [2.45, 2.75) is 45.4 Å². The summed E-state index contributed by atoms with van der Waals surface area (Å²) >= 11 is 0. The van der Waals surface area contributed by atoms with Crippen LogP contribution < -0.4 is 0 Å². The Labute approximate surface area is 101 Å². The number of aliphatic carboxylic acids is 1. The molecule has 0 atom stereocenters. The van der Waals surface area contributed by atoms with Crippen LogP contribution in [0.25, 0.3) is 0 Å². The van der Waals surface area contributed by atoms with Gasteiger partial charge in [0.2, 0.25) is 0 Å². The first kappa shape index (κ1) is 12.1. The van der Waals surface area contributed by atoms with Crippen molar-refractivity contribution in [3.8, 4) is 0 Å². The molecule has 17 heavy (non-hydrogen) atoms. The summed E-state index contributed by atoms with van der Waals surface area (Å²) in [6.07, 6.45) is 5.17. The summed E-state index contributed by atoms with van der Waals surface area (Å²) < 4.78 is 1.70. The van der Waals surface area contributed by atoms with Gasteiger partial charge in [-0.1, -0.05) is 19.3 Å². The number of aryl methyl sites for hydroxylation is 2. The Kier molecular flexibility index (Phi) is 3.17. The van der Waals surface area contributed by atoms with Crippen LogP contribution in [-0.2, 0) is 18.3 Å². The van der Waals surface area contributed by atoms with Gasteiger partial charge in [-0.3, -0.25) is 9.48 Å². The molecule has 0 bridgehead atoms. The van der Waals surface area contributed by atoms with E-state index < -0.39 is 11.4 Å². The van der Waals surface area contributed by atoms with Crippen molar-refractivity contribution >= 4 is 5.97 Å². The number of hydrogen-bond acceptors (Lipinski definition) is 3. The molecular weight excluding hydrogens is 218 g/mol.